The smallest absolute Gasteiger partial charge is 0.237 e. The van der Waals surface area contributed by atoms with E-state index >= 15 is 0 Å². The SMILES string of the molecule is CCCN1CC2(CCN(C)CC2)C[C@H]1C(=O)NCc1cnn(C)c1. The highest BCUT2D eigenvalue weighted by Gasteiger charge is 2.47. The second kappa shape index (κ2) is 7.23. The monoisotopic (exact) mass is 333 g/mol. The lowest BCUT2D eigenvalue weighted by molar-refractivity contribution is -0.125. The van der Waals surface area contributed by atoms with Crippen molar-refractivity contribution < 1.29 is 4.79 Å². The maximum Gasteiger partial charge on any atom is 0.237 e. The molecule has 0 aliphatic carbocycles. The lowest BCUT2D eigenvalue weighted by atomic mass is 9.76. The molecule has 0 aromatic carbocycles. The minimum atomic E-state index is 0.0324. The fourth-order valence-electron chi connectivity index (χ4n) is 4.25. The zero-order valence-corrected chi connectivity index (χ0v) is 15.3. The largest absolute Gasteiger partial charge is 0.351 e. The van der Waals surface area contributed by atoms with Crippen molar-refractivity contribution in [3.8, 4) is 0 Å². The van der Waals surface area contributed by atoms with Crippen molar-refractivity contribution in [1.82, 2.24) is 24.9 Å². The van der Waals surface area contributed by atoms with Gasteiger partial charge in [0.05, 0.1) is 12.2 Å². The molecule has 2 aliphatic rings. The fourth-order valence-corrected chi connectivity index (χ4v) is 4.25. The molecule has 3 heterocycles. The van der Waals surface area contributed by atoms with E-state index in [0.717, 1.165) is 44.6 Å². The quantitative estimate of drug-likeness (QED) is 0.881. The Morgan fingerprint density at radius 2 is 2.12 bits per heavy atom. The van der Waals surface area contributed by atoms with Gasteiger partial charge in [-0.1, -0.05) is 6.92 Å². The van der Waals surface area contributed by atoms with Gasteiger partial charge in [0.1, 0.15) is 0 Å². The minimum absolute atomic E-state index is 0.0324. The van der Waals surface area contributed by atoms with Gasteiger partial charge >= 0.3 is 0 Å². The van der Waals surface area contributed by atoms with Gasteiger partial charge < -0.3 is 10.2 Å². The molecule has 2 saturated heterocycles. The molecule has 0 unspecified atom stereocenters. The summed E-state index contributed by atoms with van der Waals surface area (Å²) in [6.07, 6.45) is 8.32. The molecular formula is C18H31N5O. The highest BCUT2D eigenvalue weighted by molar-refractivity contribution is 5.82. The van der Waals surface area contributed by atoms with Crippen LogP contribution in [0.25, 0.3) is 0 Å². The molecule has 3 rings (SSSR count). The predicted molar refractivity (Wildman–Crippen MR) is 94.5 cm³/mol. The molecule has 2 aliphatic heterocycles. The van der Waals surface area contributed by atoms with Gasteiger partial charge in [-0.25, -0.2) is 0 Å². The summed E-state index contributed by atoms with van der Waals surface area (Å²) in [5.74, 6) is 0.183. The standard InChI is InChI=1S/C18H31N5O/c1-4-7-23-14-18(5-8-21(2)9-6-18)10-16(23)17(24)19-11-15-12-20-22(3)13-15/h12-13,16H,4-11,14H2,1-3H3,(H,19,24)/t16-/m0/s1. The lowest BCUT2D eigenvalue weighted by Crippen LogP contribution is -2.43. The van der Waals surface area contributed by atoms with Gasteiger partial charge in [-0.05, 0) is 57.8 Å². The van der Waals surface area contributed by atoms with Crippen LogP contribution in [0.15, 0.2) is 12.4 Å². The molecule has 2 fully saturated rings. The van der Waals surface area contributed by atoms with Gasteiger partial charge in [-0.3, -0.25) is 14.4 Å². The zero-order chi connectivity index (χ0) is 17.2. The Hall–Kier alpha value is -1.40. The van der Waals surface area contributed by atoms with Crippen LogP contribution in [0.2, 0.25) is 0 Å². The van der Waals surface area contributed by atoms with E-state index in [9.17, 15) is 4.79 Å². The van der Waals surface area contributed by atoms with E-state index in [1.54, 1.807) is 4.68 Å². The average molecular weight is 333 g/mol. The van der Waals surface area contributed by atoms with Crippen LogP contribution in [0, 0.1) is 5.41 Å². The van der Waals surface area contributed by atoms with Crippen molar-refractivity contribution >= 4 is 5.91 Å². The normalized spacial score (nSPS) is 24.5. The summed E-state index contributed by atoms with van der Waals surface area (Å²) in [6, 6.07) is 0.0324. The van der Waals surface area contributed by atoms with Crippen LogP contribution in [-0.4, -0.2) is 64.8 Å². The van der Waals surface area contributed by atoms with Gasteiger partial charge in [-0.2, -0.15) is 5.10 Å². The maximum atomic E-state index is 12.8. The van der Waals surface area contributed by atoms with E-state index in [-0.39, 0.29) is 11.9 Å². The fraction of sp³-hybridized carbons (Fsp3) is 0.778. The van der Waals surface area contributed by atoms with Crippen LogP contribution in [-0.2, 0) is 18.4 Å². The minimum Gasteiger partial charge on any atom is -0.351 e. The van der Waals surface area contributed by atoms with Crippen LogP contribution in [0.4, 0.5) is 0 Å². The number of carbonyl (C=O) groups is 1. The number of hydrogen-bond donors (Lipinski definition) is 1. The second-order valence-corrected chi connectivity index (χ2v) is 7.73. The second-order valence-electron chi connectivity index (χ2n) is 7.73. The van der Waals surface area contributed by atoms with Crippen molar-refractivity contribution in [1.29, 1.82) is 0 Å². The van der Waals surface area contributed by atoms with E-state index in [1.807, 2.05) is 19.4 Å². The Morgan fingerprint density at radius 3 is 2.75 bits per heavy atom. The Labute approximate surface area is 145 Å². The van der Waals surface area contributed by atoms with Crippen molar-refractivity contribution in [2.24, 2.45) is 12.5 Å². The highest BCUT2D eigenvalue weighted by atomic mass is 16.2. The number of nitrogens with one attached hydrogen (secondary N) is 1. The molecule has 1 N–H and O–H groups in total. The molecule has 0 radical (unpaired) electrons. The molecule has 0 bridgehead atoms. The van der Waals surface area contributed by atoms with Crippen LogP contribution in [0.3, 0.4) is 0 Å². The van der Waals surface area contributed by atoms with E-state index in [2.05, 4.69) is 34.2 Å². The number of aromatic nitrogens is 2. The summed E-state index contributed by atoms with van der Waals surface area (Å²) in [5, 5.41) is 7.29. The predicted octanol–water partition coefficient (Wildman–Crippen LogP) is 1.23. The molecular weight excluding hydrogens is 302 g/mol. The first kappa shape index (κ1) is 17.4. The molecule has 24 heavy (non-hydrogen) atoms. The Bertz CT molecular complexity index is 562. The van der Waals surface area contributed by atoms with Crippen molar-refractivity contribution in [2.45, 2.75) is 45.2 Å². The molecule has 6 heteroatoms. The van der Waals surface area contributed by atoms with Crippen molar-refractivity contribution in [3.05, 3.63) is 18.0 Å². The molecule has 1 aromatic rings. The molecule has 1 atom stereocenters. The number of rotatable bonds is 5. The molecule has 134 valence electrons. The molecule has 6 nitrogen and oxygen atoms in total. The summed E-state index contributed by atoms with van der Waals surface area (Å²) in [6.45, 7) is 7.18. The van der Waals surface area contributed by atoms with Crippen molar-refractivity contribution in [2.75, 3.05) is 33.2 Å². The topological polar surface area (TPSA) is 53.4 Å². The van der Waals surface area contributed by atoms with Gasteiger partial charge in [0.25, 0.3) is 0 Å². The number of hydrogen-bond acceptors (Lipinski definition) is 4. The molecule has 1 spiro atoms. The summed E-state index contributed by atoms with van der Waals surface area (Å²) < 4.78 is 1.77. The number of nitrogens with zero attached hydrogens (tertiary/aromatic N) is 4. The lowest BCUT2D eigenvalue weighted by Gasteiger charge is -2.37. The Balaban J connectivity index is 1.62. The molecule has 1 amide bonds. The van der Waals surface area contributed by atoms with Crippen LogP contribution >= 0.6 is 0 Å². The number of carbonyl (C=O) groups excluding carboxylic acids is 1. The third-order valence-electron chi connectivity index (χ3n) is 5.69. The first-order valence-electron chi connectivity index (χ1n) is 9.19. The number of piperidine rings is 1. The third kappa shape index (κ3) is 3.81. The average Bonchev–Trinajstić information content (AvgIpc) is 3.13. The number of aryl methyl sites for hydroxylation is 1. The summed E-state index contributed by atoms with van der Waals surface area (Å²) in [4.78, 5) is 17.6. The van der Waals surface area contributed by atoms with E-state index < -0.39 is 0 Å². The van der Waals surface area contributed by atoms with Crippen LogP contribution in [0.1, 0.15) is 38.2 Å². The van der Waals surface area contributed by atoms with Crippen LogP contribution < -0.4 is 5.32 Å². The Morgan fingerprint density at radius 1 is 1.38 bits per heavy atom. The molecule has 0 saturated carbocycles. The van der Waals surface area contributed by atoms with Gasteiger partial charge in [0.2, 0.25) is 5.91 Å². The van der Waals surface area contributed by atoms with Gasteiger partial charge in [0.15, 0.2) is 0 Å². The zero-order valence-electron chi connectivity index (χ0n) is 15.3. The van der Waals surface area contributed by atoms with Crippen molar-refractivity contribution in [3.63, 3.8) is 0 Å². The number of likely N-dealkylation sites (tertiary alicyclic amines) is 2. The Kier molecular flexibility index (Phi) is 5.25. The van der Waals surface area contributed by atoms with E-state index in [4.69, 9.17) is 0 Å². The van der Waals surface area contributed by atoms with Crippen LogP contribution in [0.5, 0.6) is 0 Å². The highest BCUT2D eigenvalue weighted by Crippen LogP contribution is 2.43. The number of amides is 1. The third-order valence-corrected chi connectivity index (χ3v) is 5.69. The summed E-state index contributed by atoms with van der Waals surface area (Å²) in [5.41, 5.74) is 1.40. The maximum absolute atomic E-state index is 12.8. The van der Waals surface area contributed by atoms with Gasteiger partial charge in [0, 0.05) is 31.9 Å². The first-order valence-corrected chi connectivity index (χ1v) is 9.19. The van der Waals surface area contributed by atoms with Gasteiger partial charge in [-0.15, -0.1) is 0 Å². The van der Waals surface area contributed by atoms with E-state index in [0.29, 0.717) is 12.0 Å². The molecule has 1 aromatic heterocycles. The first-order chi connectivity index (χ1) is 11.5. The summed E-state index contributed by atoms with van der Waals surface area (Å²) in [7, 11) is 4.10. The summed E-state index contributed by atoms with van der Waals surface area (Å²) >= 11 is 0. The van der Waals surface area contributed by atoms with E-state index in [1.165, 1.54) is 12.8 Å².